The molecule has 0 fully saturated rings. The maximum Gasteiger partial charge on any atom is 0.305 e. The molecule has 3 nitrogen and oxygen atoms in total. The van der Waals surface area contributed by atoms with Crippen molar-refractivity contribution in [1.29, 1.82) is 0 Å². The van der Waals surface area contributed by atoms with E-state index >= 15 is 0 Å². The van der Waals surface area contributed by atoms with Crippen LogP contribution in [0.25, 0.3) is 0 Å². The van der Waals surface area contributed by atoms with E-state index in [9.17, 15) is 9.18 Å². The lowest BCUT2D eigenvalue weighted by molar-refractivity contribution is -0.137. The third kappa shape index (κ3) is 2.59. The standard InChI is InChI=1S/C11H13BrFNO2/c1-5-3-7(13)11(12)10(6(5)2)8(14)4-9(15)16/h3,8H,4,14H2,1-2H3,(H,15,16). The maximum absolute atomic E-state index is 13.5. The van der Waals surface area contributed by atoms with Crippen molar-refractivity contribution in [3.05, 3.63) is 33.0 Å². The molecule has 1 atom stereocenters. The molecule has 0 heterocycles. The zero-order chi connectivity index (χ0) is 12.5. The largest absolute Gasteiger partial charge is 0.481 e. The van der Waals surface area contributed by atoms with E-state index in [1.54, 1.807) is 13.8 Å². The van der Waals surface area contributed by atoms with Crippen LogP contribution >= 0.6 is 15.9 Å². The van der Waals surface area contributed by atoms with Gasteiger partial charge in [0.1, 0.15) is 5.82 Å². The van der Waals surface area contributed by atoms with E-state index in [1.807, 2.05) is 0 Å². The molecular formula is C11H13BrFNO2. The lowest BCUT2D eigenvalue weighted by atomic mass is 9.96. The second-order valence-electron chi connectivity index (χ2n) is 3.73. The third-order valence-corrected chi connectivity index (χ3v) is 3.36. The molecule has 0 spiro atoms. The van der Waals surface area contributed by atoms with Gasteiger partial charge in [-0.05, 0) is 52.5 Å². The summed E-state index contributed by atoms with van der Waals surface area (Å²) in [6.45, 7) is 3.57. The van der Waals surface area contributed by atoms with E-state index < -0.39 is 17.8 Å². The van der Waals surface area contributed by atoms with Gasteiger partial charge in [0.05, 0.1) is 10.9 Å². The van der Waals surface area contributed by atoms with Crippen molar-refractivity contribution in [1.82, 2.24) is 0 Å². The fraction of sp³-hybridized carbons (Fsp3) is 0.364. The number of aryl methyl sites for hydroxylation is 1. The lowest BCUT2D eigenvalue weighted by Gasteiger charge is -2.17. The summed E-state index contributed by atoms with van der Waals surface area (Å²) < 4.78 is 13.7. The Morgan fingerprint density at radius 1 is 1.62 bits per heavy atom. The molecule has 3 N–H and O–H groups in total. The molecule has 0 saturated carbocycles. The molecule has 1 rings (SSSR count). The Hall–Kier alpha value is -0.940. The number of hydrogen-bond donors (Lipinski definition) is 2. The first-order valence-corrected chi connectivity index (χ1v) is 5.56. The molecule has 0 amide bonds. The van der Waals surface area contributed by atoms with Crippen molar-refractivity contribution in [2.75, 3.05) is 0 Å². The van der Waals surface area contributed by atoms with Crippen LogP contribution in [0.3, 0.4) is 0 Å². The lowest BCUT2D eigenvalue weighted by Crippen LogP contribution is -2.17. The van der Waals surface area contributed by atoms with Gasteiger partial charge in [-0.1, -0.05) is 0 Å². The van der Waals surface area contributed by atoms with Crippen LogP contribution in [0.5, 0.6) is 0 Å². The highest BCUT2D eigenvalue weighted by Gasteiger charge is 2.19. The maximum atomic E-state index is 13.5. The van der Waals surface area contributed by atoms with Crippen LogP contribution in [0.1, 0.15) is 29.2 Å². The van der Waals surface area contributed by atoms with E-state index in [0.717, 1.165) is 11.1 Å². The molecule has 0 aromatic heterocycles. The van der Waals surface area contributed by atoms with Crippen LogP contribution in [0.15, 0.2) is 10.5 Å². The molecule has 0 aliphatic heterocycles. The fourth-order valence-electron chi connectivity index (χ4n) is 1.60. The first-order chi connectivity index (χ1) is 7.34. The van der Waals surface area contributed by atoms with Crippen molar-refractivity contribution < 1.29 is 14.3 Å². The number of carboxylic acid groups (broad SMARTS) is 1. The first-order valence-electron chi connectivity index (χ1n) is 4.77. The zero-order valence-corrected chi connectivity index (χ0v) is 10.6. The Morgan fingerprint density at radius 3 is 2.69 bits per heavy atom. The minimum atomic E-state index is -0.999. The number of nitrogens with two attached hydrogens (primary N) is 1. The van der Waals surface area contributed by atoms with Crippen LogP contribution in [0.2, 0.25) is 0 Å². The van der Waals surface area contributed by atoms with E-state index in [-0.39, 0.29) is 10.9 Å². The molecular weight excluding hydrogens is 277 g/mol. The molecule has 1 unspecified atom stereocenters. The molecule has 88 valence electrons. The predicted molar refractivity (Wildman–Crippen MR) is 62.8 cm³/mol. The Bertz CT molecular complexity index is 408. The van der Waals surface area contributed by atoms with E-state index in [1.165, 1.54) is 6.07 Å². The van der Waals surface area contributed by atoms with Gasteiger partial charge in [0, 0.05) is 6.04 Å². The van der Waals surface area contributed by atoms with Crippen molar-refractivity contribution in [2.45, 2.75) is 26.3 Å². The highest BCUT2D eigenvalue weighted by molar-refractivity contribution is 9.10. The zero-order valence-electron chi connectivity index (χ0n) is 9.05. The molecule has 0 bridgehead atoms. The quantitative estimate of drug-likeness (QED) is 0.899. The minimum absolute atomic E-state index is 0.220. The molecule has 0 aliphatic rings. The van der Waals surface area contributed by atoms with E-state index in [2.05, 4.69) is 15.9 Å². The Labute approximate surface area is 102 Å². The SMILES string of the molecule is Cc1cc(F)c(Br)c(C(N)CC(=O)O)c1C. The minimum Gasteiger partial charge on any atom is -0.481 e. The van der Waals surface area contributed by atoms with Crippen molar-refractivity contribution in [3.63, 3.8) is 0 Å². The molecule has 1 aromatic carbocycles. The van der Waals surface area contributed by atoms with Crippen LogP contribution < -0.4 is 5.73 Å². The Morgan fingerprint density at radius 2 is 2.19 bits per heavy atom. The van der Waals surface area contributed by atoms with Gasteiger partial charge in [0.15, 0.2) is 0 Å². The normalized spacial score (nSPS) is 12.6. The first kappa shape index (κ1) is 13.1. The summed E-state index contributed by atoms with van der Waals surface area (Å²) in [5.41, 5.74) is 7.87. The van der Waals surface area contributed by atoms with Gasteiger partial charge >= 0.3 is 5.97 Å². The summed E-state index contributed by atoms with van der Waals surface area (Å²) in [6.07, 6.45) is -0.220. The van der Waals surface area contributed by atoms with Gasteiger partial charge in [-0.2, -0.15) is 0 Å². The van der Waals surface area contributed by atoms with Crippen LogP contribution in [-0.4, -0.2) is 11.1 Å². The molecule has 1 aromatic rings. The van der Waals surface area contributed by atoms with Crippen LogP contribution in [0, 0.1) is 19.7 Å². The summed E-state index contributed by atoms with van der Waals surface area (Å²) in [4.78, 5) is 10.6. The highest BCUT2D eigenvalue weighted by atomic mass is 79.9. The van der Waals surface area contributed by atoms with E-state index in [0.29, 0.717) is 5.56 Å². The number of carbonyl (C=O) groups is 1. The number of aliphatic carboxylic acids is 1. The monoisotopic (exact) mass is 289 g/mol. The van der Waals surface area contributed by atoms with Crippen molar-refractivity contribution in [3.8, 4) is 0 Å². The number of carboxylic acids is 1. The fourth-order valence-corrected chi connectivity index (χ4v) is 2.30. The van der Waals surface area contributed by atoms with Gasteiger partial charge in [0.25, 0.3) is 0 Å². The number of halogens is 2. The van der Waals surface area contributed by atoms with Crippen LogP contribution in [-0.2, 0) is 4.79 Å². The Kier molecular flexibility index (Phi) is 4.04. The van der Waals surface area contributed by atoms with Crippen molar-refractivity contribution >= 4 is 21.9 Å². The van der Waals surface area contributed by atoms with Gasteiger partial charge in [-0.3, -0.25) is 4.79 Å². The number of benzene rings is 1. The average Bonchev–Trinajstić information content (AvgIpc) is 2.14. The molecule has 0 aliphatic carbocycles. The topological polar surface area (TPSA) is 63.3 Å². The second-order valence-corrected chi connectivity index (χ2v) is 4.53. The summed E-state index contributed by atoms with van der Waals surface area (Å²) >= 11 is 3.11. The average molecular weight is 290 g/mol. The predicted octanol–water partition coefficient (Wildman–Crippen LogP) is 2.68. The van der Waals surface area contributed by atoms with Crippen molar-refractivity contribution in [2.24, 2.45) is 5.73 Å². The van der Waals surface area contributed by atoms with Gasteiger partial charge in [-0.15, -0.1) is 0 Å². The van der Waals surface area contributed by atoms with Gasteiger partial charge in [0.2, 0.25) is 0 Å². The number of hydrogen-bond acceptors (Lipinski definition) is 2. The summed E-state index contributed by atoms with van der Waals surface area (Å²) in [6, 6.07) is 0.692. The summed E-state index contributed by atoms with van der Waals surface area (Å²) in [5.74, 6) is -1.42. The van der Waals surface area contributed by atoms with Crippen LogP contribution in [0.4, 0.5) is 4.39 Å². The Balaban J connectivity index is 3.26. The molecule has 5 heteroatoms. The molecule has 0 saturated heterocycles. The van der Waals surface area contributed by atoms with Gasteiger partial charge in [-0.25, -0.2) is 4.39 Å². The molecule has 16 heavy (non-hydrogen) atoms. The third-order valence-electron chi connectivity index (χ3n) is 2.55. The van der Waals surface area contributed by atoms with E-state index in [4.69, 9.17) is 10.8 Å². The van der Waals surface area contributed by atoms with Gasteiger partial charge < -0.3 is 10.8 Å². The molecule has 0 radical (unpaired) electrons. The smallest absolute Gasteiger partial charge is 0.305 e. The summed E-state index contributed by atoms with van der Waals surface area (Å²) in [7, 11) is 0. The second kappa shape index (κ2) is 4.93. The highest BCUT2D eigenvalue weighted by Crippen LogP contribution is 2.31. The summed E-state index contributed by atoms with van der Waals surface area (Å²) in [5, 5.41) is 8.68. The number of rotatable bonds is 3.